The third kappa shape index (κ3) is 4.33. The molecule has 0 amide bonds. The summed E-state index contributed by atoms with van der Waals surface area (Å²) in [4.78, 5) is 2.21. The van der Waals surface area contributed by atoms with Crippen molar-refractivity contribution >= 4 is 9.84 Å². The summed E-state index contributed by atoms with van der Waals surface area (Å²) < 4.78 is 29.8. The minimum atomic E-state index is -2.97. The lowest BCUT2D eigenvalue weighted by molar-refractivity contribution is 0.171. The first-order valence-corrected chi connectivity index (χ1v) is 9.63. The van der Waals surface area contributed by atoms with Crippen molar-refractivity contribution in [3.05, 3.63) is 66.2 Å². The fourth-order valence-electron chi connectivity index (χ4n) is 2.89. The minimum Gasteiger partial charge on any atom is -0.492 e. The Labute approximate surface area is 137 Å². The molecule has 0 saturated carbocycles. The van der Waals surface area contributed by atoms with Gasteiger partial charge in [-0.3, -0.25) is 4.90 Å². The zero-order valence-electron chi connectivity index (χ0n) is 13.0. The molecule has 4 nitrogen and oxygen atoms in total. The van der Waals surface area contributed by atoms with E-state index in [0.29, 0.717) is 19.7 Å². The third-order valence-electron chi connectivity index (χ3n) is 4.12. The number of hydrogen-bond acceptors (Lipinski definition) is 4. The van der Waals surface area contributed by atoms with Gasteiger partial charge in [0.05, 0.1) is 11.5 Å². The van der Waals surface area contributed by atoms with Crippen LogP contribution >= 0.6 is 0 Å². The first-order valence-electron chi connectivity index (χ1n) is 7.81. The predicted molar refractivity (Wildman–Crippen MR) is 91.3 cm³/mol. The van der Waals surface area contributed by atoms with E-state index in [1.807, 2.05) is 60.7 Å². The molecule has 1 unspecified atom stereocenters. The van der Waals surface area contributed by atoms with Crippen molar-refractivity contribution < 1.29 is 13.2 Å². The van der Waals surface area contributed by atoms with Crippen LogP contribution in [0.25, 0.3) is 0 Å². The van der Waals surface area contributed by atoms with E-state index in [2.05, 4.69) is 4.90 Å². The number of para-hydroxylation sites is 1. The molecule has 0 N–H and O–H groups in total. The molecule has 1 atom stereocenters. The van der Waals surface area contributed by atoms with E-state index in [1.54, 1.807) is 0 Å². The molecule has 1 saturated heterocycles. The average Bonchev–Trinajstić information content (AvgIpc) is 2.57. The van der Waals surface area contributed by atoms with Crippen LogP contribution in [-0.2, 0) is 9.84 Å². The van der Waals surface area contributed by atoms with Crippen molar-refractivity contribution in [1.29, 1.82) is 0 Å². The van der Waals surface area contributed by atoms with Gasteiger partial charge in [0, 0.05) is 19.1 Å². The van der Waals surface area contributed by atoms with Gasteiger partial charge >= 0.3 is 0 Å². The second kappa shape index (κ2) is 7.15. The van der Waals surface area contributed by atoms with Crippen molar-refractivity contribution in [1.82, 2.24) is 4.90 Å². The molecule has 0 aliphatic carbocycles. The lowest BCUT2D eigenvalue weighted by Gasteiger charge is -2.35. The van der Waals surface area contributed by atoms with Crippen LogP contribution in [0.5, 0.6) is 5.75 Å². The molecular weight excluding hydrogens is 310 g/mol. The van der Waals surface area contributed by atoms with Crippen LogP contribution in [0.2, 0.25) is 0 Å². The molecule has 2 aromatic carbocycles. The van der Waals surface area contributed by atoms with Crippen LogP contribution < -0.4 is 4.74 Å². The summed E-state index contributed by atoms with van der Waals surface area (Å²) in [6, 6.07) is 19.4. The van der Waals surface area contributed by atoms with Crippen LogP contribution in [0, 0.1) is 0 Å². The van der Waals surface area contributed by atoms with Gasteiger partial charge in [-0.25, -0.2) is 8.42 Å². The van der Waals surface area contributed by atoms with Crippen LogP contribution in [0.4, 0.5) is 0 Å². The number of nitrogens with zero attached hydrogens (tertiary/aromatic N) is 1. The normalized spacial score (nSPS) is 21.0. The van der Waals surface area contributed by atoms with E-state index < -0.39 is 9.84 Å². The quantitative estimate of drug-likeness (QED) is 0.845. The lowest BCUT2D eigenvalue weighted by Crippen LogP contribution is -2.44. The Morgan fingerprint density at radius 1 is 1.00 bits per heavy atom. The number of sulfone groups is 1. The van der Waals surface area contributed by atoms with E-state index in [1.165, 1.54) is 0 Å². The molecule has 0 aromatic heterocycles. The molecule has 0 bridgehead atoms. The summed E-state index contributed by atoms with van der Waals surface area (Å²) in [6.45, 7) is 1.82. The first kappa shape index (κ1) is 16.0. The fourth-order valence-corrected chi connectivity index (χ4v) is 4.45. The molecule has 0 radical (unpaired) electrons. The van der Waals surface area contributed by atoms with Crippen molar-refractivity contribution in [2.24, 2.45) is 0 Å². The Bertz CT molecular complexity index is 716. The molecule has 5 heteroatoms. The van der Waals surface area contributed by atoms with Gasteiger partial charge in [0.15, 0.2) is 9.84 Å². The summed E-state index contributed by atoms with van der Waals surface area (Å²) in [6.07, 6.45) is 0. The number of rotatable bonds is 5. The van der Waals surface area contributed by atoms with Crippen LogP contribution in [0.15, 0.2) is 60.7 Å². The average molecular weight is 331 g/mol. The molecule has 122 valence electrons. The summed E-state index contributed by atoms with van der Waals surface area (Å²) in [5, 5.41) is 0. The van der Waals surface area contributed by atoms with Crippen molar-refractivity contribution in [3.8, 4) is 5.75 Å². The number of hydrogen-bond donors (Lipinski definition) is 0. The highest BCUT2D eigenvalue weighted by atomic mass is 32.2. The molecule has 3 rings (SSSR count). The zero-order chi connectivity index (χ0) is 16.1. The predicted octanol–water partition coefficient (Wildman–Crippen LogP) is 2.54. The van der Waals surface area contributed by atoms with E-state index >= 15 is 0 Å². The maximum Gasteiger partial charge on any atom is 0.153 e. The Hall–Kier alpha value is -1.85. The van der Waals surface area contributed by atoms with Crippen LogP contribution in [-0.4, -0.2) is 44.5 Å². The maximum atomic E-state index is 12.0. The van der Waals surface area contributed by atoms with Gasteiger partial charge in [-0.05, 0) is 17.7 Å². The van der Waals surface area contributed by atoms with Gasteiger partial charge in [-0.15, -0.1) is 0 Å². The lowest BCUT2D eigenvalue weighted by atomic mass is 10.1. The van der Waals surface area contributed by atoms with E-state index in [-0.39, 0.29) is 17.5 Å². The van der Waals surface area contributed by atoms with Gasteiger partial charge in [0.2, 0.25) is 0 Å². The van der Waals surface area contributed by atoms with Crippen LogP contribution in [0.1, 0.15) is 11.6 Å². The second-order valence-corrected chi connectivity index (χ2v) is 7.97. The molecule has 1 fully saturated rings. The molecule has 1 aliphatic rings. The third-order valence-corrected chi connectivity index (χ3v) is 5.75. The first-order chi connectivity index (χ1) is 11.1. The van der Waals surface area contributed by atoms with Crippen molar-refractivity contribution in [2.45, 2.75) is 6.04 Å². The Morgan fingerprint density at radius 3 is 2.35 bits per heavy atom. The van der Waals surface area contributed by atoms with Gasteiger partial charge in [-0.2, -0.15) is 0 Å². The Balaban J connectivity index is 1.66. The van der Waals surface area contributed by atoms with E-state index in [9.17, 15) is 8.42 Å². The van der Waals surface area contributed by atoms with E-state index in [0.717, 1.165) is 11.3 Å². The Kier molecular flexibility index (Phi) is 4.98. The molecular formula is C18H21NO3S. The SMILES string of the molecule is O=S1(=O)CCN(CCOc2ccccc2)C(c2ccccc2)C1. The number of ether oxygens (including phenoxy) is 1. The molecule has 0 spiro atoms. The second-order valence-electron chi connectivity index (χ2n) is 5.74. The van der Waals surface area contributed by atoms with Gasteiger partial charge in [-0.1, -0.05) is 48.5 Å². The summed E-state index contributed by atoms with van der Waals surface area (Å²) >= 11 is 0. The van der Waals surface area contributed by atoms with E-state index in [4.69, 9.17) is 4.74 Å². The summed E-state index contributed by atoms with van der Waals surface area (Å²) in [5.41, 5.74) is 1.05. The van der Waals surface area contributed by atoms with Crippen molar-refractivity contribution in [2.75, 3.05) is 31.2 Å². The smallest absolute Gasteiger partial charge is 0.153 e. The fraction of sp³-hybridized carbons (Fsp3) is 0.333. The highest BCUT2D eigenvalue weighted by Crippen LogP contribution is 2.26. The van der Waals surface area contributed by atoms with Gasteiger partial charge in [0.25, 0.3) is 0 Å². The van der Waals surface area contributed by atoms with Crippen LogP contribution in [0.3, 0.4) is 0 Å². The summed E-state index contributed by atoms with van der Waals surface area (Å²) in [5.74, 6) is 1.25. The largest absolute Gasteiger partial charge is 0.492 e. The molecule has 1 heterocycles. The molecule has 2 aromatic rings. The van der Waals surface area contributed by atoms with Gasteiger partial charge in [0.1, 0.15) is 12.4 Å². The minimum absolute atomic E-state index is 0.0886. The summed E-state index contributed by atoms with van der Waals surface area (Å²) in [7, 11) is -2.97. The molecule has 1 aliphatic heterocycles. The topological polar surface area (TPSA) is 46.6 Å². The Morgan fingerprint density at radius 2 is 1.65 bits per heavy atom. The standard InChI is InChI=1S/C18H21NO3S/c20-23(21)14-12-19(11-13-22-17-9-5-2-6-10-17)18(15-23)16-7-3-1-4-8-16/h1-10,18H,11-15H2. The van der Waals surface area contributed by atoms with Crippen molar-refractivity contribution in [3.63, 3.8) is 0 Å². The number of benzene rings is 2. The highest BCUT2D eigenvalue weighted by Gasteiger charge is 2.31. The monoisotopic (exact) mass is 331 g/mol. The molecule has 23 heavy (non-hydrogen) atoms. The van der Waals surface area contributed by atoms with Gasteiger partial charge < -0.3 is 4.74 Å². The highest BCUT2D eigenvalue weighted by molar-refractivity contribution is 7.91. The zero-order valence-corrected chi connectivity index (χ0v) is 13.8. The maximum absolute atomic E-state index is 12.0.